The van der Waals surface area contributed by atoms with E-state index in [9.17, 15) is 29.4 Å². The molecule has 1 aromatic heterocycles. The van der Waals surface area contributed by atoms with Crippen molar-refractivity contribution in [3.63, 3.8) is 0 Å². The molecule has 4 atom stereocenters. The second-order valence-corrected chi connectivity index (χ2v) is 5.97. The predicted octanol–water partition coefficient (Wildman–Crippen LogP) is -4.18. The van der Waals surface area contributed by atoms with E-state index in [2.05, 4.69) is 20.6 Å². The smallest absolute Gasteiger partial charge is 0.322 e. The van der Waals surface area contributed by atoms with E-state index >= 15 is 0 Å². The Morgan fingerprint density at radius 3 is 2.39 bits per heavy atom. The molecule has 0 radical (unpaired) electrons. The van der Waals surface area contributed by atoms with Crippen LogP contribution in [0.15, 0.2) is 12.5 Å². The number of hydrogen-bond donors (Lipinski definition) is 8. The topological polar surface area (TPSA) is 220 Å². The first kappa shape index (κ1) is 23.0. The van der Waals surface area contributed by atoms with Gasteiger partial charge in [0.2, 0.25) is 17.7 Å². The number of carboxylic acids is 1. The zero-order valence-corrected chi connectivity index (χ0v) is 15.1. The maximum absolute atomic E-state index is 12.3. The Morgan fingerprint density at radius 1 is 1.21 bits per heavy atom. The number of imidazole rings is 1. The van der Waals surface area contributed by atoms with Crippen molar-refractivity contribution < 1.29 is 34.5 Å². The minimum Gasteiger partial charge on any atom is -0.480 e. The van der Waals surface area contributed by atoms with E-state index < -0.39 is 61.1 Å². The Balaban J connectivity index is 2.69. The molecule has 0 aromatic carbocycles. The fourth-order valence-electron chi connectivity index (χ4n) is 2.13. The number of carboxylic acid groups (broad SMARTS) is 1. The number of H-pyrrole nitrogens is 1. The highest BCUT2D eigenvalue weighted by Gasteiger charge is 2.31. The largest absolute Gasteiger partial charge is 0.480 e. The van der Waals surface area contributed by atoms with Gasteiger partial charge in [0.25, 0.3) is 0 Å². The van der Waals surface area contributed by atoms with Crippen molar-refractivity contribution in [2.75, 3.05) is 13.2 Å². The van der Waals surface area contributed by atoms with E-state index in [1.165, 1.54) is 19.4 Å². The molecule has 156 valence electrons. The molecule has 3 amide bonds. The van der Waals surface area contributed by atoms with Crippen LogP contribution in [0, 0.1) is 0 Å². The lowest BCUT2D eigenvalue weighted by Gasteiger charge is -2.24. The summed E-state index contributed by atoms with van der Waals surface area (Å²) in [7, 11) is 0. The summed E-state index contributed by atoms with van der Waals surface area (Å²) in [5.41, 5.74) is 6.36. The lowest BCUT2D eigenvalue weighted by Crippen LogP contribution is -2.60. The lowest BCUT2D eigenvalue weighted by molar-refractivity contribution is -0.139. The average Bonchev–Trinajstić information content (AvgIpc) is 3.14. The first-order valence-corrected chi connectivity index (χ1v) is 8.27. The second-order valence-electron chi connectivity index (χ2n) is 5.97. The predicted molar refractivity (Wildman–Crippen MR) is 93.5 cm³/mol. The number of carbonyl (C=O) groups excluding carboxylic acids is 3. The first-order chi connectivity index (χ1) is 13.1. The molecule has 9 N–H and O–H groups in total. The van der Waals surface area contributed by atoms with Gasteiger partial charge in [-0.1, -0.05) is 0 Å². The molecule has 13 nitrogen and oxygen atoms in total. The van der Waals surface area contributed by atoms with E-state index in [4.69, 9.17) is 10.8 Å². The van der Waals surface area contributed by atoms with Crippen molar-refractivity contribution in [1.29, 1.82) is 0 Å². The number of nitrogens with zero attached hydrogens (tertiary/aromatic N) is 1. The number of aromatic amines is 1. The van der Waals surface area contributed by atoms with Crippen molar-refractivity contribution in [3.8, 4) is 0 Å². The van der Waals surface area contributed by atoms with Gasteiger partial charge in [-0.2, -0.15) is 0 Å². The van der Waals surface area contributed by atoms with E-state index in [-0.39, 0.29) is 6.42 Å². The molecule has 0 aliphatic rings. The van der Waals surface area contributed by atoms with Crippen molar-refractivity contribution in [3.05, 3.63) is 18.2 Å². The summed E-state index contributed by atoms with van der Waals surface area (Å²) in [5, 5.41) is 34.0. The molecular weight excluding hydrogens is 376 g/mol. The number of nitrogens with two attached hydrogens (primary N) is 1. The minimum atomic E-state index is -1.47. The van der Waals surface area contributed by atoms with Gasteiger partial charge in [0.1, 0.15) is 18.6 Å². The van der Waals surface area contributed by atoms with E-state index in [1.54, 1.807) is 0 Å². The number of aliphatic hydroxyl groups is 2. The molecule has 0 saturated carbocycles. The molecule has 0 aliphatic heterocycles. The SMILES string of the molecule is CC(O)C(NC(=O)C(N)Cc1cnc[nH]1)C(=O)NC(CO)C(=O)NCC(=O)O. The lowest BCUT2D eigenvalue weighted by atomic mass is 10.1. The van der Waals surface area contributed by atoms with Crippen LogP contribution in [0.1, 0.15) is 12.6 Å². The number of amides is 3. The molecule has 0 fully saturated rings. The van der Waals surface area contributed by atoms with E-state index in [0.717, 1.165) is 0 Å². The average molecular weight is 400 g/mol. The van der Waals surface area contributed by atoms with Crippen LogP contribution in [0.5, 0.6) is 0 Å². The maximum atomic E-state index is 12.3. The Bertz CT molecular complexity index is 678. The Hall–Kier alpha value is -3.03. The van der Waals surface area contributed by atoms with E-state index in [1.807, 2.05) is 5.32 Å². The number of rotatable bonds is 11. The molecule has 13 heteroatoms. The first-order valence-electron chi connectivity index (χ1n) is 8.27. The van der Waals surface area contributed by atoms with Gasteiger partial charge < -0.3 is 42.0 Å². The fraction of sp³-hybridized carbons (Fsp3) is 0.533. The standard InChI is InChI=1S/C15H24N6O7/c1-7(23)12(21-13(26)9(16)2-8-3-17-6-19-8)15(28)20-10(5-22)14(27)18-4-11(24)25/h3,6-7,9-10,12,22-23H,2,4-5,16H2,1H3,(H,17,19)(H,18,27)(H,20,28)(H,21,26)(H,24,25). The monoisotopic (exact) mass is 400 g/mol. The summed E-state index contributed by atoms with van der Waals surface area (Å²) in [4.78, 5) is 53.3. The van der Waals surface area contributed by atoms with Gasteiger partial charge in [0, 0.05) is 18.3 Å². The second kappa shape index (κ2) is 11.0. The molecule has 0 saturated heterocycles. The summed E-state index contributed by atoms with van der Waals surface area (Å²) < 4.78 is 0. The highest BCUT2D eigenvalue weighted by Crippen LogP contribution is 2.00. The Labute approximate surface area is 159 Å². The number of carbonyl (C=O) groups is 4. The normalized spacial score (nSPS) is 15.0. The molecule has 1 rings (SSSR count). The van der Waals surface area contributed by atoms with Gasteiger partial charge in [0.05, 0.1) is 25.1 Å². The van der Waals surface area contributed by atoms with Gasteiger partial charge in [-0.05, 0) is 6.92 Å². The Kier molecular flexibility index (Phi) is 9.01. The van der Waals surface area contributed by atoms with E-state index in [0.29, 0.717) is 5.69 Å². The zero-order chi connectivity index (χ0) is 21.3. The minimum absolute atomic E-state index is 0.108. The van der Waals surface area contributed by atoms with Crippen molar-refractivity contribution in [2.45, 2.75) is 37.6 Å². The highest BCUT2D eigenvalue weighted by atomic mass is 16.4. The molecule has 0 aliphatic carbocycles. The van der Waals surface area contributed by atoms with Crippen LogP contribution in [-0.2, 0) is 25.6 Å². The summed E-state index contributed by atoms with van der Waals surface area (Å²) in [5.74, 6) is -3.94. The zero-order valence-electron chi connectivity index (χ0n) is 15.1. The number of nitrogens with one attached hydrogen (secondary N) is 4. The van der Waals surface area contributed by atoms with Gasteiger partial charge in [-0.15, -0.1) is 0 Å². The molecule has 4 unspecified atom stereocenters. The fourth-order valence-corrected chi connectivity index (χ4v) is 2.13. The van der Waals surface area contributed by atoms with Crippen LogP contribution < -0.4 is 21.7 Å². The van der Waals surface area contributed by atoms with Crippen LogP contribution in [-0.4, -0.2) is 86.4 Å². The number of aliphatic carboxylic acids is 1. The number of aromatic nitrogens is 2. The van der Waals surface area contributed by atoms with Crippen LogP contribution in [0.4, 0.5) is 0 Å². The summed E-state index contributed by atoms with van der Waals surface area (Å²) in [6, 6.07) is -3.97. The quantitative estimate of drug-likeness (QED) is 0.180. The third-order valence-electron chi connectivity index (χ3n) is 3.62. The molecule has 1 heterocycles. The van der Waals surface area contributed by atoms with Crippen LogP contribution in [0.3, 0.4) is 0 Å². The van der Waals surface area contributed by atoms with Crippen LogP contribution in [0.25, 0.3) is 0 Å². The number of hydrogen-bond acceptors (Lipinski definition) is 8. The van der Waals surface area contributed by atoms with Crippen LogP contribution >= 0.6 is 0 Å². The van der Waals surface area contributed by atoms with Gasteiger partial charge in [-0.25, -0.2) is 4.98 Å². The molecule has 1 aromatic rings. The van der Waals surface area contributed by atoms with Gasteiger partial charge in [-0.3, -0.25) is 19.2 Å². The van der Waals surface area contributed by atoms with Crippen molar-refractivity contribution in [1.82, 2.24) is 25.9 Å². The Morgan fingerprint density at radius 2 is 1.89 bits per heavy atom. The molecule has 28 heavy (non-hydrogen) atoms. The molecule has 0 bridgehead atoms. The third-order valence-corrected chi connectivity index (χ3v) is 3.62. The maximum Gasteiger partial charge on any atom is 0.322 e. The highest BCUT2D eigenvalue weighted by molar-refractivity contribution is 5.94. The summed E-state index contributed by atoms with van der Waals surface area (Å²) in [6.45, 7) is -0.287. The van der Waals surface area contributed by atoms with Crippen molar-refractivity contribution >= 4 is 23.7 Å². The third kappa shape index (κ3) is 7.30. The summed E-state index contributed by atoms with van der Waals surface area (Å²) >= 11 is 0. The summed E-state index contributed by atoms with van der Waals surface area (Å²) in [6.07, 6.45) is 1.66. The molecule has 0 spiro atoms. The molecular formula is C15H24N6O7. The van der Waals surface area contributed by atoms with Crippen molar-refractivity contribution in [2.24, 2.45) is 5.73 Å². The number of aliphatic hydroxyl groups excluding tert-OH is 2. The van der Waals surface area contributed by atoms with Gasteiger partial charge in [0.15, 0.2) is 0 Å². The van der Waals surface area contributed by atoms with Gasteiger partial charge >= 0.3 is 5.97 Å². The van der Waals surface area contributed by atoms with Crippen LogP contribution in [0.2, 0.25) is 0 Å².